The lowest BCUT2D eigenvalue weighted by Crippen LogP contribution is -2.37. The first-order valence-corrected chi connectivity index (χ1v) is 6.45. The fraction of sp³-hybridized carbons (Fsp3) is 0.438. The molecule has 0 saturated heterocycles. The van der Waals surface area contributed by atoms with Crippen LogP contribution in [0.1, 0.15) is 36.8 Å². The number of rotatable bonds is 6. The van der Waals surface area contributed by atoms with E-state index in [0.29, 0.717) is 0 Å². The van der Waals surface area contributed by atoms with Gasteiger partial charge in [-0.15, -0.1) is 6.58 Å². The van der Waals surface area contributed by atoms with Gasteiger partial charge in [-0.05, 0) is 48.9 Å². The molecule has 2 rings (SSSR count). The number of hydrogen-bond acceptors (Lipinski definition) is 2. The molecule has 0 amide bonds. The second kappa shape index (κ2) is 5.27. The van der Waals surface area contributed by atoms with Gasteiger partial charge in [0, 0.05) is 0 Å². The van der Waals surface area contributed by atoms with Crippen LogP contribution in [0, 0.1) is 11.3 Å². The molecule has 0 radical (unpaired) electrons. The lowest BCUT2D eigenvalue weighted by molar-refractivity contribution is 0.396. The van der Waals surface area contributed by atoms with Crippen LogP contribution in [0.2, 0.25) is 0 Å². The van der Waals surface area contributed by atoms with Crippen LogP contribution >= 0.6 is 0 Å². The minimum absolute atomic E-state index is 0.273. The molecule has 0 heterocycles. The Morgan fingerprint density at radius 2 is 2.33 bits per heavy atom. The van der Waals surface area contributed by atoms with Crippen molar-refractivity contribution in [2.45, 2.75) is 37.5 Å². The van der Waals surface area contributed by atoms with Crippen molar-refractivity contribution >= 4 is 0 Å². The Kier molecular flexibility index (Phi) is 3.72. The smallest absolute Gasteiger partial charge is 0.119 e. The van der Waals surface area contributed by atoms with Crippen LogP contribution in [-0.4, -0.2) is 7.11 Å². The first kappa shape index (κ1) is 12.7. The standard InChI is InChI=1S/C16H19NO/c1-3-4-5-6-9-16(12-17)11-13-7-8-14(18-2)10-15(13)16/h3,7-8,10H,1,4-6,9,11H2,2H3. The number of unbranched alkanes of at least 4 members (excludes halogenated alkanes) is 2. The molecule has 2 nitrogen and oxygen atoms in total. The van der Waals surface area contributed by atoms with E-state index in [4.69, 9.17) is 4.74 Å². The Bertz CT molecular complexity index is 486. The van der Waals surface area contributed by atoms with Crippen LogP contribution in [0.4, 0.5) is 0 Å². The third kappa shape index (κ3) is 2.13. The lowest BCUT2D eigenvalue weighted by Gasteiger charge is -2.38. The van der Waals surface area contributed by atoms with Gasteiger partial charge in [0.2, 0.25) is 0 Å². The zero-order chi connectivity index (χ0) is 13.0. The van der Waals surface area contributed by atoms with Gasteiger partial charge in [0.05, 0.1) is 18.6 Å². The molecule has 1 atom stereocenters. The molecule has 1 aromatic rings. The van der Waals surface area contributed by atoms with Crippen molar-refractivity contribution < 1.29 is 4.74 Å². The SMILES string of the molecule is C=CCCCCC1(C#N)Cc2ccc(OC)cc21. The normalized spacial score (nSPS) is 20.4. The molecular formula is C16H19NO. The summed E-state index contributed by atoms with van der Waals surface area (Å²) in [5, 5.41) is 9.49. The summed E-state index contributed by atoms with van der Waals surface area (Å²) >= 11 is 0. The highest BCUT2D eigenvalue weighted by Crippen LogP contribution is 2.45. The Morgan fingerprint density at radius 1 is 1.50 bits per heavy atom. The Labute approximate surface area is 109 Å². The number of benzene rings is 1. The van der Waals surface area contributed by atoms with Gasteiger partial charge in [-0.2, -0.15) is 5.26 Å². The van der Waals surface area contributed by atoms with Crippen LogP contribution in [0.25, 0.3) is 0 Å². The van der Waals surface area contributed by atoms with Gasteiger partial charge in [0.25, 0.3) is 0 Å². The van der Waals surface area contributed by atoms with Crippen LogP contribution in [0.3, 0.4) is 0 Å². The number of ether oxygens (including phenoxy) is 1. The van der Waals surface area contributed by atoms with E-state index in [0.717, 1.165) is 37.9 Å². The molecule has 0 saturated carbocycles. The number of fused-ring (bicyclic) bond motifs is 1. The number of methoxy groups -OCH3 is 1. The summed E-state index contributed by atoms with van der Waals surface area (Å²) in [7, 11) is 1.67. The van der Waals surface area contributed by atoms with Gasteiger partial charge in [-0.3, -0.25) is 0 Å². The van der Waals surface area contributed by atoms with E-state index in [1.165, 1.54) is 11.1 Å². The largest absolute Gasteiger partial charge is 0.497 e. The van der Waals surface area contributed by atoms with Gasteiger partial charge in [-0.1, -0.05) is 18.6 Å². The van der Waals surface area contributed by atoms with Crippen molar-refractivity contribution in [3.05, 3.63) is 42.0 Å². The highest BCUT2D eigenvalue weighted by Gasteiger charge is 2.42. The van der Waals surface area contributed by atoms with Gasteiger partial charge >= 0.3 is 0 Å². The molecule has 0 spiro atoms. The molecular weight excluding hydrogens is 222 g/mol. The van der Waals surface area contributed by atoms with Crippen molar-refractivity contribution in [2.24, 2.45) is 0 Å². The van der Waals surface area contributed by atoms with Crippen LogP contribution in [0.15, 0.2) is 30.9 Å². The number of hydrogen-bond donors (Lipinski definition) is 0. The third-order valence-corrected chi connectivity index (χ3v) is 3.80. The van der Waals surface area contributed by atoms with Crippen molar-refractivity contribution in [3.8, 4) is 11.8 Å². The fourth-order valence-electron chi connectivity index (χ4n) is 2.69. The van der Waals surface area contributed by atoms with Gasteiger partial charge in [0.1, 0.15) is 5.75 Å². The first-order valence-electron chi connectivity index (χ1n) is 6.45. The highest BCUT2D eigenvalue weighted by atomic mass is 16.5. The molecule has 0 N–H and O–H groups in total. The topological polar surface area (TPSA) is 33.0 Å². The second-order valence-electron chi connectivity index (χ2n) is 4.93. The minimum Gasteiger partial charge on any atom is -0.497 e. The Hall–Kier alpha value is -1.75. The minimum atomic E-state index is -0.273. The average molecular weight is 241 g/mol. The summed E-state index contributed by atoms with van der Waals surface area (Å²) in [6.45, 7) is 3.73. The maximum atomic E-state index is 9.49. The lowest BCUT2D eigenvalue weighted by atomic mass is 9.62. The fourth-order valence-corrected chi connectivity index (χ4v) is 2.69. The van der Waals surface area contributed by atoms with E-state index in [2.05, 4.69) is 18.7 Å². The molecule has 0 aliphatic heterocycles. The van der Waals surface area contributed by atoms with E-state index in [1.54, 1.807) is 7.11 Å². The average Bonchev–Trinajstić information content (AvgIpc) is 2.39. The monoisotopic (exact) mass is 241 g/mol. The molecule has 0 aromatic heterocycles. The Morgan fingerprint density at radius 3 is 3.00 bits per heavy atom. The number of allylic oxidation sites excluding steroid dienone is 1. The third-order valence-electron chi connectivity index (χ3n) is 3.80. The molecule has 94 valence electrons. The second-order valence-corrected chi connectivity index (χ2v) is 4.93. The first-order chi connectivity index (χ1) is 8.75. The van der Waals surface area contributed by atoms with Gasteiger partial charge in [0.15, 0.2) is 0 Å². The summed E-state index contributed by atoms with van der Waals surface area (Å²) in [6, 6.07) is 8.59. The highest BCUT2D eigenvalue weighted by molar-refractivity contribution is 5.53. The van der Waals surface area contributed by atoms with Crippen LogP contribution in [-0.2, 0) is 11.8 Å². The summed E-state index contributed by atoms with van der Waals surface area (Å²) in [6.07, 6.45) is 7.00. The maximum absolute atomic E-state index is 9.49. The van der Waals surface area contributed by atoms with Crippen LogP contribution in [0.5, 0.6) is 5.75 Å². The van der Waals surface area contributed by atoms with E-state index in [9.17, 15) is 5.26 Å². The van der Waals surface area contributed by atoms with Crippen LogP contribution < -0.4 is 4.74 Å². The molecule has 0 fully saturated rings. The number of nitriles is 1. The molecule has 18 heavy (non-hydrogen) atoms. The van der Waals surface area contributed by atoms with Gasteiger partial charge in [-0.25, -0.2) is 0 Å². The quantitative estimate of drug-likeness (QED) is 0.561. The van der Waals surface area contributed by atoms with E-state index in [1.807, 2.05) is 18.2 Å². The number of nitrogens with zero attached hydrogens (tertiary/aromatic N) is 1. The molecule has 1 aromatic carbocycles. The summed E-state index contributed by atoms with van der Waals surface area (Å²) < 4.78 is 5.24. The zero-order valence-electron chi connectivity index (χ0n) is 10.9. The predicted molar refractivity (Wildman–Crippen MR) is 72.7 cm³/mol. The molecule has 0 bridgehead atoms. The maximum Gasteiger partial charge on any atom is 0.119 e. The molecule has 1 aliphatic carbocycles. The molecule has 2 heteroatoms. The molecule has 1 unspecified atom stereocenters. The molecule has 1 aliphatic rings. The summed E-state index contributed by atoms with van der Waals surface area (Å²) in [4.78, 5) is 0. The predicted octanol–water partition coefficient (Wildman–Crippen LogP) is 3.76. The van der Waals surface area contributed by atoms with Crippen molar-refractivity contribution in [2.75, 3.05) is 7.11 Å². The summed E-state index contributed by atoms with van der Waals surface area (Å²) in [5.41, 5.74) is 2.19. The van der Waals surface area contributed by atoms with E-state index < -0.39 is 0 Å². The van der Waals surface area contributed by atoms with Crippen molar-refractivity contribution in [1.29, 1.82) is 5.26 Å². The summed E-state index contributed by atoms with van der Waals surface area (Å²) in [5.74, 6) is 0.846. The van der Waals surface area contributed by atoms with E-state index >= 15 is 0 Å². The van der Waals surface area contributed by atoms with Gasteiger partial charge < -0.3 is 4.74 Å². The van der Waals surface area contributed by atoms with E-state index in [-0.39, 0.29) is 5.41 Å². The Balaban J connectivity index is 2.11. The van der Waals surface area contributed by atoms with Crippen molar-refractivity contribution in [3.63, 3.8) is 0 Å². The van der Waals surface area contributed by atoms with Crippen molar-refractivity contribution in [1.82, 2.24) is 0 Å². The zero-order valence-corrected chi connectivity index (χ0v) is 10.9.